The van der Waals surface area contributed by atoms with Gasteiger partial charge >= 0.3 is 0 Å². The molecule has 2 rings (SSSR count). The topological polar surface area (TPSA) is 56.1 Å². The van der Waals surface area contributed by atoms with E-state index in [9.17, 15) is 4.79 Å². The summed E-state index contributed by atoms with van der Waals surface area (Å²) in [5.41, 5.74) is 3.02. The normalized spacial score (nSPS) is 9.91. The van der Waals surface area contributed by atoms with Crippen molar-refractivity contribution in [2.45, 2.75) is 6.54 Å². The van der Waals surface area contributed by atoms with E-state index in [1.807, 2.05) is 18.2 Å². The van der Waals surface area contributed by atoms with E-state index in [0.717, 1.165) is 11.3 Å². The highest BCUT2D eigenvalue weighted by Gasteiger charge is 2.12. The standard InChI is InChI=1S/C17H16ClN3O/c1-21(2)17(22)15-8-7-14(9-16(15)18)20-11-13-5-3-12(10-19)4-6-13/h3-9,20H,11H2,1-2H3. The SMILES string of the molecule is CN(C)C(=O)c1ccc(NCc2ccc(C#N)cc2)cc1Cl. The number of anilines is 1. The fraction of sp³-hybridized carbons (Fsp3) is 0.176. The number of halogens is 1. The van der Waals surface area contributed by atoms with Gasteiger partial charge in [-0.1, -0.05) is 23.7 Å². The van der Waals surface area contributed by atoms with Crippen LogP contribution in [-0.4, -0.2) is 24.9 Å². The van der Waals surface area contributed by atoms with Gasteiger partial charge in [-0.3, -0.25) is 4.79 Å². The van der Waals surface area contributed by atoms with E-state index in [1.54, 1.807) is 38.4 Å². The third-order valence-corrected chi connectivity index (χ3v) is 3.50. The summed E-state index contributed by atoms with van der Waals surface area (Å²) in [5, 5.41) is 12.4. The molecule has 112 valence electrons. The van der Waals surface area contributed by atoms with Crippen molar-refractivity contribution in [3.05, 3.63) is 64.2 Å². The van der Waals surface area contributed by atoms with E-state index >= 15 is 0 Å². The third-order valence-electron chi connectivity index (χ3n) is 3.19. The number of carbonyl (C=O) groups is 1. The molecule has 0 aliphatic rings. The molecule has 0 saturated carbocycles. The van der Waals surface area contributed by atoms with Gasteiger partial charge in [-0.25, -0.2) is 0 Å². The van der Waals surface area contributed by atoms with Crippen molar-refractivity contribution in [2.75, 3.05) is 19.4 Å². The van der Waals surface area contributed by atoms with Crippen LogP contribution in [0.1, 0.15) is 21.5 Å². The Bertz CT molecular complexity index is 718. The summed E-state index contributed by atoms with van der Waals surface area (Å²) >= 11 is 6.17. The highest BCUT2D eigenvalue weighted by atomic mass is 35.5. The maximum atomic E-state index is 11.9. The van der Waals surface area contributed by atoms with E-state index < -0.39 is 0 Å². The van der Waals surface area contributed by atoms with Gasteiger partial charge < -0.3 is 10.2 Å². The number of benzene rings is 2. The first kappa shape index (κ1) is 15.9. The third kappa shape index (κ3) is 3.78. The number of amides is 1. The van der Waals surface area contributed by atoms with Crippen LogP contribution in [0.4, 0.5) is 5.69 Å². The molecule has 22 heavy (non-hydrogen) atoms. The Labute approximate surface area is 134 Å². The van der Waals surface area contributed by atoms with Crippen LogP contribution in [-0.2, 0) is 6.54 Å². The molecule has 0 spiro atoms. The van der Waals surface area contributed by atoms with Crippen molar-refractivity contribution in [2.24, 2.45) is 0 Å². The fourth-order valence-corrected chi connectivity index (χ4v) is 2.20. The minimum atomic E-state index is -0.122. The van der Waals surface area contributed by atoms with Gasteiger partial charge in [-0.2, -0.15) is 5.26 Å². The Morgan fingerprint density at radius 3 is 2.45 bits per heavy atom. The highest BCUT2D eigenvalue weighted by Crippen LogP contribution is 2.22. The number of rotatable bonds is 4. The molecule has 0 aliphatic heterocycles. The average molecular weight is 314 g/mol. The van der Waals surface area contributed by atoms with Crippen LogP contribution in [0.5, 0.6) is 0 Å². The average Bonchev–Trinajstić information content (AvgIpc) is 2.52. The smallest absolute Gasteiger partial charge is 0.254 e. The predicted molar refractivity (Wildman–Crippen MR) is 88.0 cm³/mol. The molecule has 4 nitrogen and oxygen atoms in total. The van der Waals surface area contributed by atoms with Gasteiger partial charge in [0.25, 0.3) is 5.91 Å². The Morgan fingerprint density at radius 1 is 1.23 bits per heavy atom. The molecule has 0 aromatic heterocycles. The first-order chi connectivity index (χ1) is 10.5. The summed E-state index contributed by atoms with van der Waals surface area (Å²) in [7, 11) is 3.38. The summed E-state index contributed by atoms with van der Waals surface area (Å²) in [6, 6.07) is 14.7. The first-order valence-corrected chi connectivity index (χ1v) is 7.13. The summed E-state index contributed by atoms with van der Waals surface area (Å²) in [6.45, 7) is 0.614. The lowest BCUT2D eigenvalue weighted by molar-refractivity contribution is 0.0828. The zero-order valence-electron chi connectivity index (χ0n) is 12.4. The maximum Gasteiger partial charge on any atom is 0.254 e. The van der Waals surface area contributed by atoms with Crippen molar-refractivity contribution in [3.63, 3.8) is 0 Å². The van der Waals surface area contributed by atoms with Gasteiger partial charge in [0.15, 0.2) is 0 Å². The van der Waals surface area contributed by atoms with Crippen molar-refractivity contribution in [1.29, 1.82) is 5.26 Å². The lowest BCUT2D eigenvalue weighted by Gasteiger charge is -2.13. The molecule has 1 amide bonds. The largest absolute Gasteiger partial charge is 0.381 e. The van der Waals surface area contributed by atoms with Crippen molar-refractivity contribution >= 4 is 23.2 Å². The summed E-state index contributed by atoms with van der Waals surface area (Å²) in [6.07, 6.45) is 0. The molecular weight excluding hydrogens is 298 g/mol. The number of nitriles is 1. The molecule has 0 saturated heterocycles. The summed E-state index contributed by atoms with van der Waals surface area (Å²) in [4.78, 5) is 13.4. The number of nitrogens with zero attached hydrogens (tertiary/aromatic N) is 2. The van der Waals surface area contributed by atoms with Crippen molar-refractivity contribution in [3.8, 4) is 6.07 Å². The lowest BCUT2D eigenvalue weighted by atomic mass is 10.1. The molecule has 0 radical (unpaired) electrons. The van der Waals surface area contributed by atoms with Gasteiger partial charge in [0.2, 0.25) is 0 Å². The molecule has 2 aromatic carbocycles. The predicted octanol–water partition coefficient (Wildman–Crippen LogP) is 3.53. The Kier molecular flexibility index (Phi) is 5.03. The molecule has 0 heterocycles. The van der Waals surface area contributed by atoms with E-state index in [2.05, 4.69) is 11.4 Å². The van der Waals surface area contributed by atoms with Crippen LogP contribution in [0.25, 0.3) is 0 Å². The second kappa shape index (κ2) is 6.97. The molecule has 0 unspecified atom stereocenters. The number of hydrogen-bond acceptors (Lipinski definition) is 3. The van der Waals surface area contributed by atoms with Crippen molar-refractivity contribution < 1.29 is 4.79 Å². The number of carbonyl (C=O) groups excluding carboxylic acids is 1. The highest BCUT2D eigenvalue weighted by molar-refractivity contribution is 6.34. The van der Waals surface area contributed by atoms with E-state index in [0.29, 0.717) is 22.7 Å². The molecular formula is C17H16ClN3O. The lowest BCUT2D eigenvalue weighted by Crippen LogP contribution is -2.22. The monoisotopic (exact) mass is 313 g/mol. The quantitative estimate of drug-likeness (QED) is 0.939. The van der Waals surface area contributed by atoms with Crippen LogP contribution in [0.3, 0.4) is 0 Å². The molecule has 5 heteroatoms. The minimum absolute atomic E-state index is 0.122. The molecule has 0 aliphatic carbocycles. The van der Waals surface area contributed by atoms with Gasteiger partial charge in [-0.05, 0) is 35.9 Å². The second-order valence-corrected chi connectivity index (χ2v) is 5.46. The van der Waals surface area contributed by atoms with E-state index in [-0.39, 0.29) is 5.91 Å². The van der Waals surface area contributed by atoms with E-state index in [4.69, 9.17) is 16.9 Å². The van der Waals surface area contributed by atoms with Crippen LogP contribution >= 0.6 is 11.6 Å². The number of nitrogens with one attached hydrogen (secondary N) is 1. The zero-order valence-corrected chi connectivity index (χ0v) is 13.2. The van der Waals surface area contributed by atoms with E-state index in [1.165, 1.54) is 4.90 Å². The van der Waals surface area contributed by atoms with Crippen LogP contribution < -0.4 is 5.32 Å². The van der Waals surface area contributed by atoms with Crippen LogP contribution in [0.2, 0.25) is 5.02 Å². The maximum absolute atomic E-state index is 11.9. The summed E-state index contributed by atoms with van der Waals surface area (Å²) in [5.74, 6) is -0.122. The molecule has 1 N–H and O–H groups in total. The zero-order chi connectivity index (χ0) is 16.1. The molecule has 0 atom stereocenters. The van der Waals surface area contributed by atoms with Crippen LogP contribution in [0, 0.1) is 11.3 Å². The van der Waals surface area contributed by atoms with Gasteiger partial charge in [-0.15, -0.1) is 0 Å². The van der Waals surface area contributed by atoms with Crippen molar-refractivity contribution in [1.82, 2.24) is 4.90 Å². The fourth-order valence-electron chi connectivity index (χ4n) is 1.94. The molecule has 2 aromatic rings. The molecule has 0 bridgehead atoms. The molecule has 0 fully saturated rings. The summed E-state index contributed by atoms with van der Waals surface area (Å²) < 4.78 is 0. The Balaban J connectivity index is 2.06. The van der Waals surface area contributed by atoms with Crippen LogP contribution in [0.15, 0.2) is 42.5 Å². The van der Waals surface area contributed by atoms with Gasteiger partial charge in [0.05, 0.1) is 22.2 Å². The Hall–Kier alpha value is -2.51. The Morgan fingerprint density at radius 2 is 1.91 bits per heavy atom. The van der Waals surface area contributed by atoms with Gasteiger partial charge in [0, 0.05) is 26.3 Å². The van der Waals surface area contributed by atoms with Gasteiger partial charge in [0.1, 0.15) is 0 Å². The second-order valence-electron chi connectivity index (χ2n) is 5.06. The minimum Gasteiger partial charge on any atom is -0.381 e. The number of hydrogen-bond donors (Lipinski definition) is 1. The first-order valence-electron chi connectivity index (χ1n) is 6.75.